The highest BCUT2D eigenvalue weighted by Crippen LogP contribution is 2.15. The maximum atomic E-state index is 13.1. The van der Waals surface area contributed by atoms with Crippen LogP contribution in [-0.4, -0.2) is 29.4 Å². The highest BCUT2D eigenvalue weighted by Gasteiger charge is 2.20. The van der Waals surface area contributed by atoms with Crippen molar-refractivity contribution in [2.24, 2.45) is 5.73 Å². The van der Waals surface area contributed by atoms with Crippen LogP contribution in [0.15, 0.2) is 12.1 Å². The Balaban J connectivity index is 2.71. The lowest BCUT2D eigenvalue weighted by molar-refractivity contribution is -0.118. The fraction of sp³-hybridized carbons (Fsp3) is 0.308. The van der Waals surface area contributed by atoms with E-state index in [4.69, 9.17) is 10.8 Å². The second-order valence-electron chi connectivity index (χ2n) is 4.30. The molecule has 2 amide bonds. The summed E-state index contributed by atoms with van der Waals surface area (Å²) in [7, 11) is 0. The average Bonchev–Trinajstić information content (AvgIpc) is 2.40. The summed E-state index contributed by atoms with van der Waals surface area (Å²) in [4.78, 5) is 33.2. The van der Waals surface area contributed by atoms with Crippen molar-refractivity contribution < 1.29 is 28.3 Å². The van der Waals surface area contributed by atoms with E-state index in [-0.39, 0.29) is 13.0 Å². The molecule has 4 N–H and O–H groups in total. The third-order valence-electron chi connectivity index (χ3n) is 2.67. The van der Waals surface area contributed by atoms with Gasteiger partial charge >= 0.3 is 5.97 Å². The van der Waals surface area contributed by atoms with Crippen molar-refractivity contribution in [3.8, 4) is 0 Å². The lowest BCUT2D eigenvalue weighted by Gasteiger charge is -2.08. The molecule has 1 aromatic rings. The van der Waals surface area contributed by atoms with Gasteiger partial charge in [0.15, 0.2) is 11.6 Å². The third kappa shape index (κ3) is 4.83. The van der Waals surface area contributed by atoms with Crippen LogP contribution in [0.5, 0.6) is 0 Å². The summed E-state index contributed by atoms with van der Waals surface area (Å²) in [6.45, 7) is 0.157. The molecule has 0 spiro atoms. The smallest absolute Gasteiger partial charge is 0.336 e. The Hall–Kier alpha value is -2.51. The molecular weight excluding hydrogens is 286 g/mol. The molecule has 0 aliphatic heterocycles. The number of hydrogen-bond donors (Lipinski definition) is 3. The van der Waals surface area contributed by atoms with Gasteiger partial charge in [0.2, 0.25) is 5.91 Å². The van der Waals surface area contributed by atoms with Crippen LogP contribution in [0.4, 0.5) is 8.78 Å². The maximum absolute atomic E-state index is 13.1. The van der Waals surface area contributed by atoms with E-state index in [9.17, 15) is 23.2 Å². The predicted molar refractivity (Wildman–Crippen MR) is 68.7 cm³/mol. The molecule has 0 saturated carbocycles. The second kappa shape index (κ2) is 7.32. The fourth-order valence-corrected chi connectivity index (χ4v) is 1.63. The first-order valence-corrected chi connectivity index (χ1v) is 6.11. The molecule has 0 fully saturated rings. The molecule has 21 heavy (non-hydrogen) atoms. The molecule has 0 heterocycles. The number of carbonyl (C=O) groups is 3. The van der Waals surface area contributed by atoms with E-state index in [2.05, 4.69) is 5.32 Å². The van der Waals surface area contributed by atoms with Crippen molar-refractivity contribution >= 4 is 17.8 Å². The first kappa shape index (κ1) is 16.5. The van der Waals surface area contributed by atoms with Gasteiger partial charge < -0.3 is 16.2 Å². The minimum absolute atomic E-state index is 0.157. The number of aromatic carboxylic acids is 1. The summed E-state index contributed by atoms with van der Waals surface area (Å²) in [5, 5.41) is 11.3. The first-order valence-electron chi connectivity index (χ1n) is 6.11. The largest absolute Gasteiger partial charge is 0.478 e. The number of rotatable bonds is 7. The van der Waals surface area contributed by atoms with E-state index in [1.165, 1.54) is 0 Å². The fourth-order valence-electron chi connectivity index (χ4n) is 1.63. The van der Waals surface area contributed by atoms with E-state index < -0.39 is 40.5 Å². The molecule has 0 saturated heterocycles. The Kier molecular flexibility index (Phi) is 5.77. The van der Waals surface area contributed by atoms with E-state index in [1.54, 1.807) is 0 Å². The van der Waals surface area contributed by atoms with Gasteiger partial charge in [-0.2, -0.15) is 0 Å². The van der Waals surface area contributed by atoms with Crippen molar-refractivity contribution in [1.82, 2.24) is 5.32 Å². The van der Waals surface area contributed by atoms with E-state index >= 15 is 0 Å². The van der Waals surface area contributed by atoms with E-state index in [1.807, 2.05) is 0 Å². The lowest BCUT2D eigenvalue weighted by Crippen LogP contribution is -2.27. The predicted octanol–water partition coefficient (Wildman–Crippen LogP) is 1.05. The molecule has 1 aromatic carbocycles. The molecule has 0 aliphatic carbocycles. The SMILES string of the molecule is NC(=O)CCCCNC(=O)c1cc(F)c(F)cc1C(=O)O. The molecule has 0 unspecified atom stereocenters. The normalized spacial score (nSPS) is 10.2. The molecule has 0 bridgehead atoms. The van der Waals surface area contributed by atoms with Gasteiger partial charge in [-0.25, -0.2) is 13.6 Å². The molecule has 6 nitrogen and oxygen atoms in total. The number of carbonyl (C=O) groups excluding carboxylic acids is 2. The molecule has 8 heteroatoms. The van der Waals surface area contributed by atoms with Crippen LogP contribution in [0.3, 0.4) is 0 Å². The zero-order valence-corrected chi connectivity index (χ0v) is 11.0. The standard InChI is InChI=1S/C13H14F2N2O4/c14-9-5-7(8(13(20)21)6-10(9)15)12(19)17-4-2-1-3-11(16)18/h5-6H,1-4H2,(H2,16,18)(H,17,19)(H,20,21). The number of carboxylic acid groups (broad SMARTS) is 1. The van der Waals surface area contributed by atoms with Crippen molar-refractivity contribution in [2.45, 2.75) is 19.3 Å². The topological polar surface area (TPSA) is 109 Å². The van der Waals surface area contributed by atoms with Gasteiger partial charge in [-0.3, -0.25) is 9.59 Å². The van der Waals surface area contributed by atoms with Crippen molar-refractivity contribution in [2.75, 3.05) is 6.54 Å². The van der Waals surface area contributed by atoms with Gasteiger partial charge in [-0.1, -0.05) is 0 Å². The number of nitrogens with two attached hydrogens (primary N) is 1. The summed E-state index contributed by atoms with van der Waals surface area (Å²) >= 11 is 0. The van der Waals surface area contributed by atoms with Crippen molar-refractivity contribution in [3.63, 3.8) is 0 Å². The van der Waals surface area contributed by atoms with Crippen LogP contribution in [0.1, 0.15) is 40.0 Å². The first-order chi connectivity index (χ1) is 9.82. The Morgan fingerprint density at radius 3 is 2.19 bits per heavy atom. The molecule has 114 valence electrons. The Morgan fingerprint density at radius 1 is 1.10 bits per heavy atom. The van der Waals surface area contributed by atoms with Gasteiger partial charge in [-0.15, -0.1) is 0 Å². The van der Waals surface area contributed by atoms with Crippen LogP contribution < -0.4 is 11.1 Å². The van der Waals surface area contributed by atoms with Crippen LogP contribution in [0, 0.1) is 11.6 Å². The Bertz CT molecular complexity index is 576. The molecule has 0 atom stereocenters. The number of carboxylic acids is 1. The van der Waals surface area contributed by atoms with Crippen LogP contribution in [-0.2, 0) is 4.79 Å². The van der Waals surface area contributed by atoms with Crippen LogP contribution in [0.25, 0.3) is 0 Å². The highest BCUT2D eigenvalue weighted by atomic mass is 19.2. The number of hydrogen-bond acceptors (Lipinski definition) is 3. The Labute approximate surface area is 118 Å². The van der Waals surface area contributed by atoms with Gasteiger partial charge in [0.05, 0.1) is 11.1 Å². The summed E-state index contributed by atoms with van der Waals surface area (Å²) in [5.41, 5.74) is 3.86. The quantitative estimate of drug-likeness (QED) is 0.654. The second-order valence-corrected chi connectivity index (χ2v) is 4.30. The van der Waals surface area contributed by atoms with Crippen molar-refractivity contribution in [3.05, 3.63) is 34.9 Å². The summed E-state index contributed by atoms with van der Waals surface area (Å²) < 4.78 is 26.1. The molecule has 0 aliphatic rings. The molecule has 0 radical (unpaired) electrons. The van der Waals surface area contributed by atoms with Crippen LogP contribution >= 0.6 is 0 Å². The Morgan fingerprint density at radius 2 is 1.67 bits per heavy atom. The van der Waals surface area contributed by atoms with Gasteiger partial charge in [0.1, 0.15) is 0 Å². The van der Waals surface area contributed by atoms with Crippen LogP contribution in [0.2, 0.25) is 0 Å². The maximum Gasteiger partial charge on any atom is 0.336 e. The highest BCUT2D eigenvalue weighted by molar-refractivity contribution is 6.04. The number of benzene rings is 1. The van der Waals surface area contributed by atoms with Gasteiger partial charge in [-0.05, 0) is 25.0 Å². The monoisotopic (exact) mass is 300 g/mol. The zero-order chi connectivity index (χ0) is 16.0. The summed E-state index contributed by atoms with van der Waals surface area (Å²) in [6.07, 6.45) is 1.07. The summed E-state index contributed by atoms with van der Waals surface area (Å²) in [6, 6.07) is 0.997. The van der Waals surface area contributed by atoms with Crippen molar-refractivity contribution in [1.29, 1.82) is 0 Å². The third-order valence-corrected chi connectivity index (χ3v) is 2.67. The summed E-state index contributed by atoms with van der Waals surface area (Å²) in [5.74, 6) is -5.47. The number of amides is 2. The minimum Gasteiger partial charge on any atom is -0.478 e. The van der Waals surface area contributed by atoms with Gasteiger partial charge in [0, 0.05) is 13.0 Å². The molecule has 1 rings (SSSR count). The lowest BCUT2D eigenvalue weighted by atomic mass is 10.1. The van der Waals surface area contributed by atoms with E-state index in [0.29, 0.717) is 25.0 Å². The van der Waals surface area contributed by atoms with E-state index in [0.717, 1.165) is 0 Å². The number of nitrogens with one attached hydrogen (secondary N) is 1. The van der Waals surface area contributed by atoms with Gasteiger partial charge in [0.25, 0.3) is 5.91 Å². The average molecular weight is 300 g/mol. The molecular formula is C13H14F2N2O4. The zero-order valence-electron chi connectivity index (χ0n) is 11.0. The number of halogens is 2. The number of unbranched alkanes of at least 4 members (excludes halogenated alkanes) is 1. The molecule has 0 aromatic heterocycles. The minimum atomic E-state index is -1.53. The number of primary amides is 1.